The zero-order chi connectivity index (χ0) is 14.3. The minimum absolute atomic E-state index is 0.0548. The molecule has 19 heavy (non-hydrogen) atoms. The highest BCUT2D eigenvalue weighted by Gasteiger charge is 2.18. The fourth-order valence-electron chi connectivity index (χ4n) is 1.90. The van der Waals surface area contributed by atoms with Gasteiger partial charge in [-0.15, -0.1) is 0 Å². The summed E-state index contributed by atoms with van der Waals surface area (Å²) in [6, 6.07) is 3.46. The van der Waals surface area contributed by atoms with E-state index in [-0.39, 0.29) is 11.7 Å². The maximum Gasteiger partial charge on any atom is 0.272 e. The first-order valence-corrected chi connectivity index (χ1v) is 6.23. The van der Waals surface area contributed by atoms with Crippen LogP contribution in [0.3, 0.4) is 0 Å². The number of nitro benzene ring substituents is 1. The predicted molar refractivity (Wildman–Crippen MR) is 70.7 cm³/mol. The number of hydrogen-bond acceptors (Lipinski definition) is 4. The van der Waals surface area contributed by atoms with Crippen molar-refractivity contribution >= 4 is 5.69 Å². The number of methoxy groups -OCH3 is 1. The Morgan fingerprint density at radius 1 is 1.53 bits per heavy atom. The quantitative estimate of drug-likeness (QED) is 0.581. The van der Waals surface area contributed by atoms with Crippen LogP contribution in [0.4, 0.5) is 10.1 Å². The standard InChI is InChI=1S/C13H19FN2O3/c1-3-6-15-12(9-19-2)8-10-7-11(14)4-5-13(10)16(17)18/h4-5,7,12,15H,3,6,8-9H2,1-2H3. The Morgan fingerprint density at radius 3 is 2.84 bits per heavy atom. The van der Waals surface area contributed by atoms with Gasteiger partial charge in [-0.25, -0.2) is 4.39 Å². The summed E-state index contributed by atoms with van der Waals surface area (Å²) >= 11 is 0. The van der Waals surface area contributed by atoms with E-state index >= 15 is 0 Å². The van der Waals surface area contributed by atoms with Crippen molar-refractivity contribution in [1.82, 2.24) is 5.32 Å². The van der Waals surface area contributed by atoms with Crippen molar-refractivity contribution < 1.29 is 14.1 Å². The molecule has 1 aromatic rings. The Kier molecular flexibility index (Phi) is 6.38. The van der Waals surface area contributed by atoms with Gasteiger partial charge in [0.15, 0.2) is 0 Å². The number of rotatable bonds is 8. The summed E-state index contributed by atoms with van der Waals surface area (Å²) < 4.78 is 18.3. The maximum absolute atomic E-state index is 13.2. The van der Waals surface area contributed by atoms with E-state index in [0.29, 0.717) is 18.6 Å². The van der Waals surface area contributed by atoms with Gasteiger partial charge >= 0.3 is 0 Å². The maximum atomic E-state index is 13.2. The SMILES string of the molecule is CCCNC(COC)Cc1cc(F)ccc1[N+](=O)[O-]. The van der Waals surface area contributed by atoms with Gasteiger partial charge in [0, 0.05) is 24.8 Å². The topological polar surface area (TPSA) is 64.4 Å². The van der Waals surface area contributed by atoms with Crippen molar-refractivity contribution in [1.29, 1.82) is 0 Å². The summed E-state index contributed by atoms with van der Waals surface area (Å²) in [6.45, 7) is 3.24. The molecule has 1 unspecified atom stereocenters. The number of nitrogens with one attached hydrogen (secondary N) is 1. The summed E-state index contributed by atoms with van der Waals surface area (Å²) in [6.07, 6.45) is 1.31. The Hall–Kier alpha value is -1.53. The largest absolute Gasteiger partial charge is 0.383 e. The molecule has 0 amide bonds. The minimum Gasteiger partial charge on any atom is -0.383 e. The summed E-state index contributed by atoms with van der Waals surface area (Å²) in [4.78, 5) is 10.4. The molecule has 0 aliphatic heterocycles. The van der Waals surface area contributed by atoms with Crippen molar-refractivity contribution in [3.05, 3.63) is 39.7 Å². The first-order valence-electron chi connectivity index (χ1n) is 6.23. The summed E-state index contributed by atoms with van der Waals surface area (Å²) in [5, 5.41) is 14.2. The number of nitro groups is 1. The molecule has 106 valence electrons. The normalized spacial score (nSPS) is 12.4. The molecule has 0 aliphatic rings. The van der Waals surface area contributed by atoms with E-state index in [4.69, 9.17) is 4.74 Å². The van der Waals surface area contributed by atoms with Crippen LogP contribution in [-0.2, 0) is 11.2 Å². The minimum atomic E-state index is -0.488. The third-order valence-corrected chi connectivity index (χ3v) is 2.76. The molecule has 0 saturated carbocycles. The lowest BCUT2D eigenvalue weighted by molar-refractivity contribution is -0.385. The van der Waals surface area contributed by atoms with Gasteiger partial charge in [0.2, 0.25) is 0 Å². The van der Waals surface area contributed by atoms with Gasteiger partial charge in [-0.2, -0.15) is 0 Å². The number of benzene rings is 1. The second kappa shape index (κ2) is 7.81. The van der Waals surface area contributed by atoms with Gasteiger partial charge in [-0.3, -0.25) is 10.1 Å². The van der Waals surface area contributed by atoms with Crippen LogP contribution < -0.4 is 5.32 Å². The molecule has 0 radical (unpaired) electrons. The first-order chi connectivity index (χ1) is 9.08. The Bertz CT molecular complexity index is 426. The molecule has 6 heteroatoms. The van der Waals surface area contributed by atoms with Crippen LogP contribution in [0, 0.1) is 15.9 Å². The second-order valence-corrected chi connectivity index (χ2v) is 4.34. The molecule has 1 N–H and O–H groups in total. The van der Waals surface area contributed by atoms with E-state index in [1.807, 2.05) is 6.92 Å². The fraction of sp³-hybridized carbons (Fsp3) is 0.538. The zero-order valence-electron chi connectivity index (χ0n) is 11.2. The highest BCUT2D eigenvalue weighted by Crippen LogP contribution is 2.21. The molecule has 0 fully saturated rings. The van der Waals surface area contributed by atoms with Crippen LogP contribution >= 0.6 is 0 Å². The monoisotopic (exact) mass is 270 g/mol. The van der Waals surface area contributed by atoms with Crippen LogP contribution in [0.25, 0.3) is 0 Å². The van der Waals surface area contributed by atoms with E-state index in [1.165, 1.54) is 12.1 Å². The molecule has 0 heterocycles. The summed E-state index contributed by atoms with van der Waals surface area (Å²) in [7, 11) is 1.57. The Balaban J connectivity index is 2.87. The highest BCUT2D eigenvalue weighted by atomic mass is 19.1. The lowest BCUT2D eigenvalue weighted by Gasteiger charge is -2.17. The van der Waals surface area contributed by atoms with Crippen LogP contribution in [0.15, 0.2) is 18.2 Å². The van der Waals surface area contributed by atoms with Gasteiger partial charge in [-0.1, -0.05) is 6.92 Å². The van der Waals surface area contributed by atoms with Crippen molar-refractivity contribution in [2.45, 2.75) is 25.8 Å². The number of ether oxygens (including phenoxy) is 1. The lowest BCUT2D eigenvalue weighted by Crippen LogP contribution is -2.35. The number of halogens is 1. The van der Waals surface area contributed by atoms with Crippen LogP contribution in [0.5, 0.6) is 0 Å². The first kappa shape index (κ1) is 15.5. The molecule has 0 bridgehead atoms. The molecule has 1 atom stereocenters. The van der Waals surface area contributed by atoms with Crippen molar-refractivity contribution in [3.63, 3.8) is 0 Å². The second-order valence-electron chi connectivity index (χ2n) is 4.34. The average molecular weight is 270 g/mol. The van der Waals surface area contributed by atoms with Crippen molar-refractivity contribution in [2.75, 3.05) is 20.3 Å². The van der Waals surface area contributed by atoms with E-state index in [0.717, 1.165) is 19.0 Å². The van der Waals surface area contributed by atoms with Gasteiger partial charge in [0.1, 0.15) is 5.82 Å². The van der Waals surface area contributed by atoms with Crippen molar-refractivity contribution in [2.24, 2.45) is 0 Å². The van der Waals surface area contributed by atoms with E-state index in [2.05, 4.69) is 5.32 Å². The highest BCUT2D eigenvalue weighted by molar-refractivity contribution is 5.40. The van der Waals surface area contributed by atoms with Crippen molar-refractivity contribution in [3.8, 4) is 0 Å². The van der Waals surface area contributed by atoms with E-state index in [1.54, 1.807) is 7.11 Å². The predicted octanol–water partition coefficient (Wildman–Crippen LogP) is 2.29. The number of hydrogen-bond donors (Lipinski definition) is 1. The third-order valence-electron chi connectivity index (χ3n) is 2.76. The molecule has 0 saturated heterocycles. The molecule has 1 aromatic carbocycles. The molecule has 1 rings (SSSR count). The molecular formula is C13H19FN2O3. The van der Waals surface area contributed by atoms with Crippen LogP contribution in [0.1, 0.15) is 18.9 Å². The van der Waals surface area contributed by atoms with Crippen LogP contribution in [0.2, 0.25) is 0 Å². The molecule has 0 aliphatic carbocycles. The summed E-state index contributed by atoms with van der Waals surface area (Å²) in [5.74, 6) is -0.466. The average Bonchev–Trinajstić information content (AvgIpc) is 2.36. The van der Waals surface area contributed by atoms with E-state index in [9.17, 15) is 14.5 Å². The Labute approximate surface area is 111 Å². The van der Waals surface area contributed by atoms with Gasteiger partial charge in [0.25, 0.3) is 5.69 Å². The molecular weight excluding hydrogens is 251 g/mol. The smallest absolute Gasteiger partial charge is 0.272 e. The molecule has 0 spiro atoms. The third kappa shape index (κ3) is 4.92. The summed E-state index contributed by atoms with van der Waals surface area (Å²) in [5.41, 5.74) is 0.330. The number of nitrogens with zero attached hydrogens (tertiary/aromatic N) is 1. The van der Waals surface area contributed by atoms with Gasteiger partial charge in [-0.05, 0) is 31.5 Å². The lowest BCUT2D eigenvalue weighted by atomic mass is 10.0. The zero-order valence-corrected chi connectivity index (χ0v) is 11.2. The van der Waals surface area contributed by atoms with Crippen LogP contribution in [-0.4, -0.2) is 31.2 Å². The van der Waals surface area contributed by atoms with E-state index < -0.39 is 10.7 Å². The molecule has 0 aromatic heterocycles. The van der Waals surface area contributed by atoms with Gasteiger partial charge in [0.05, 0.1) is 11.5 Å². The Morgan fingerprint density at radius 2 is 2.26 bits per heavy atom. The molecule has 5 nitrogen and oxygen atoms in total. The van der Waals surface area contributed by atoms with Gasteiger partial charge < -0.3 is 10.1 Å². The fourth-order valence-corrected chi connectivity index (χ4v) is 1.90.